The summed E-state index contributed by atoms with van der Waals surface area (Å²) in [5.41, 5.74) is 0. The summed E-state index contributed by atoms with van der Waals surface area (Å²) >= 11 is 1.42. The van der Waals surface area contributed by atoms with E-state index in [4.69, 9.17) is 0 Å². The number of amides is 3. The molecule has 2 saturated heterocycles. The zero-order valence-corrected chi connectivity index (χ0v) is 15.0. The molecule has 1 unspecified atom stereocenters. The molecule has 4 rings (SSSR count). The van der Waals surface area contributed by atoms with Crippen molar-refractivity contribution in [1.29, 1.82) is 0 Å². The Kier molecular flexibility index (Phi) is 4.50. The van der Waals surface area contributed by atoms with Crippen LogP contribution in [0, 0.1) is 5.92 Å². The Labute approximate surface area is 151 Å². The molecule has 0 aromatic carbocycles. The minimum atomic E-state index is -0.347. The first-order valence-electron chi connectivity index (χ1n) is 9.07. The number of carbonyl (C=O) groups is 3. The molecule has 0 bridgehead atoms. The summed E-state index contributed by atoms with van der Waals surface area (Å²) < 4.78 is 0. The van der Waals surface area contributed by atoms with Crippen molar-refractivity contribution in [1.82, 2.24) is 14.7 Å². The van der Waals surface area contributed by atoms with E-state index in [1.165, 1.54) is 11.3 Å². The van der Waals surface area contributed by atoms with E-state index in [1.807, 2.05) is 27.3 Å². The third-order valence-electron chi connectivity index (χ3n) is 5.36. The lowest BCUT2D eigenvalue weighted by atomic mass is 10.1. The molecule has 134 valence electrons. The summed E-state index contributed by atoms with van der Waals surface area (Å²) in [6.45, 7) is 3.04. The van der Waals surface area contributed by atoms with Gasteiger partial charge in [-0.1, -0.05) is 6.07 Å². The van der Waals surface area contributed by atoms with Gasteiger partial charge >= 0.3 is 0 Å². The molecule has 3 fully saturated rings. The van der Waals surface area contributed by atoms with Gasteiger partial charge in [0.05, 0.1) is 4.88 Å². The van der Waals surface area contributed by atoms with E-state index in [9.17, 15) is 14.4 Å². The second kappa shape index (κ2) is 6.78. The Hall–Kier alpha value is -1.89. The quantitative estimate of drug-likeness (QED) is 0.818. The van der Waals surface area contributed by atoms with Gasteiger partial charge in [-0.05, 0) is 37.1 Å². The highest BCUT2D eigenvalue weighted by Gasteiger charge is 2.39. The van der Waals surface area contributed by atoms with Crippen molar-refractivity contribution in [3.05, 3.63) is 22.4 Å². The van der Waals surface area contributed by atoms with Crippen LogP contribution in [0.15, 0.2) is 17.5 Å². The van der Waals surface area contributed by atoms with Crippen LogP contribution in [-0.4, -0.2) is 71.2 Å². The van der Waals surface area contributed by atoms with E-state index in [0.717, 1.165) is 25.7 Å². The van der Waals surface area contributed by atoms with E-state index in [2.05, 4.69) is 0 Å². The highest BCUT2D eigenvalue weighted by molar-refractivity contribution is 7.12. The summed E-state index contributed by atoms with van der Waals surface area (Å²) in [4.78, 5) is 43.9. The largest absolute Gasteiger partial charge is 0.339 e. The fraction of sp³-hybridized carbons (Fsp3) is 0.611. The van der Waals surface area contributed by atoms with Gasteiger partial charge in [-0.3, -0.25) is 14.4 Å². The summed E-state index contributed by atoms with van der Waals surface area (Å²) in [5.74, 6) is 0.493. The first-order valence-corrected chi connectivity index (χ1v) is 9.95. The zero-order valence-electron chi connectivity index (χ0n) is 14.2. The van der Waals surface area contributed by atoms with E-state index >= 15 is 0 Å². The van der Waals surface area contributed by atoms with Crippen molar-refractivity contribution >= 4 is 29.1 Å². The van der Waals surface area contributed by atoms with Crippen LogP contribution in [0.3, 0.4) is 0 Å². The van der Waals surface area contributed by atoms with Crippen LogP contribution in [0.25, 0.3) is 0 Å². The van der Waals surface area contributed by atoms with Crippen LogP contribution in [-0.2, 0) is 9.59 Å². The lowest BCUT2D eigenvalue weighted by molar-refractivity contribution is -0.142. The number of hydrogen-bond donors (Lipinski definition) is 0. The number of piperazine rings is 1. The molecule has 0 N–H and O–H groups in total. The lowest BCUT2D eigenvalue weighted by Gasteiger charge is -2.37. The molecule has 7 heteroatoms. The van der Waals surface area contributed by atoms with E-state index in [1.54, 1.807) is 4.90 Å². The van der Waals surface area contributed by atoms with Gasteiger partial charge in [0, 0.05) is 38.6 Å². The van der Waals surface area contributed by atoms with E-state index in [0.29, 0.717) is 37.6 Å². The maximum atomic E-state index is 12.9. The van der Waals surface area contributed by atoms with E-state index < -0.39 is 0 Å². The maximum Gasteiger partial charge on any atom is 0.264 e. The Bertz CT molecular complexity index is 663. The molecule has 1 saturated carbocycles. The van der Waals surface area contributed by atoms with Crippen LogP contribution in [0.2, 0.25) is 0 Å². The Morgan fingerprint density at radius 1 is 0.920 bits per heavy atom. The predicted molar refractivity (Wildman–Crippen MR) is 94.3 cm³/mol. The van der Waals surface area contributed by atoms with Crippen molar-refractivity contribution in [3.63, 3.8) is 0 Å². The molecule has 3 heterocycles. The molecular formula is C18H23N3O3S. The number of nitrogens with zero attached hydrogens (tertiary/aromatic N) is 3. The predicted octanol–water partition coefficient (Wildman–Crippen LogP) is 1.43. The van der Waals surface area contributed by atoms with Crippen molar-refractivity contribution in [3.8, 4) is 0 Å². The van der Waals surface area contributed by atoms with Crippen LogP contribution < -0.4 is 0 Å². The number of carbonyl (C=O) groups excluding carboxylic acids is 3. The van der Waals surface area contributed by atoms with Crippen molar-refractivity contribution < 1.29 is 14.4 Å². The smallest absolute Gasteiger partial charge is 0.264 e. The fourth-order valence-corrected chi connectivity index (χ4v) is 4.43. The first-order chi connectivity index (χ1) is 12.1. The Morgan fingerprint density at radius 3 is 2.20 bits per heavy atom. The normalized spacial score (nSPS) is 23.8. The highest BCUT2D eigenvalue weighted by Crippen LogP contribution is 2.31. The van der Waals surface area contributed by atoms with Crippen LogP contribution in [0.1, 0.15) is 35.4 Å². The maximum absolute atomic E-state index is 12.9. The average Bonchev–Trinajstić information content (AvgIpc) is 3.14. The molecule has 1 atom stereocenters. The second-order valence-electron chi connectivity index (χ2n) is 7.06. The zero-order chi connectivity index (χ0) is 17.4. The van der Waals surface area contributed by atoms with Crippen molar-refractivity contribution in [2.75, 3.05) is 32.7 Å². The highest BCUT2D eigenvalue weighted by atomic mass is 32.1. The van der Waals surface area contributed by atoms with Crippen molar-refractivity contribution in [2.45, 2.75) is 31.7 Å². The van der Waals surface area contributed by atoms with Gasteiger partial charge in [0.15, 0.2) is 0 Å². The molecule has 3 amide bonds. The summed E-state index contributed by atoms with van der Waals surface area (Å²) in [6, 6.07) is 3.33. The second-order valence-corrected chi connectivity index (χ2v) is 8.01. The molecular weight excluding hydrogens is 338 g/mol. The van der Waals surface area contributed by atoms with Crippen LogP contribution in [0.4, 0.5) is 0 Å². The minimum absolute atomic E-state index is 0.0339. The number of hydrogen-bond acceptors (Lipinski definition) is 4. The lowest BCUT2D eigenvalue weighted by Crippen LogP contribution is -2.55. The molecule has 0 spiro atoms. The first kappa shape index (κ1) is 16.6. The average molecular weight is 361 g/mol. The van der Waals surface area contributed by atoms with Gasteiger partial charge in [-0.2, -0.15) is 0 Å². The summed E-state index contributed by atoms with van der Waals surface area (Å²) in [6.07, 6.45) is 3.63. The standard InChI is InChI=1S/C18H23N3O3S/c22-16(13-5-6-13)19-8-10-20(11-9-19)17(23)14-3-1-7-21(14)18(24)15-4-2-12-25-15/h2,4,12-14H,1,3,5-11H2. The van der Waals surface area contributed by atoms with Gasteiger partial charge in [0.25, 0.3) is 5.91 Å². The van der Waals surface area contributed by atoms with Gasteiger partial charge in [0.2, 0.25) is 11.8 Å². The van der Waals surface area contributed by atoms with Gasteiger partial charge in [-0.25, -0.2) is 0 Å². The topological polar surface area (TPSA) is 60.9 Å². The Balaban J connectivity index is 1.37. The fourth-order valence-electron chi connectivity index (χ4n) is 3.75. The molecule has 6 nitrogen and oxygen atoms in total. The Morgan fingerprint density at radius 2 is 1.60 bits per heavy atom. The number of likely N-dealkylation sites (tertiary alicyclic amines) is 1. The molecule has 1 aliphatic carbocycles. The summed E-state index contributed by atoms with van der Waals surface area (Å²) in [7, 11) is 0. The van der Waals surface area contributed by atoms with Gasteiger partial charge in [0.1, 0.15) is 6.04 Å². The van der Waals surface area contributed by atoms with Crippen LogP contribution in [0.5, 0.6) is 0 Å². The molecule has 2 aliphatic heterocycles. The molecule has 25 heavy (non-hydrogen) atoms. The molecule has 0 radical (unpaired) electrons. The molecule has 1 aromatic heterocycles. The minimum Gasteiger partial charge on any atom is -0.339 e. The summed E-state index contributed by atoms with van der Waals surface area (Å²) in [5, 5.41) is 1.89. The molecule has 3 aliphatic rings. The SMILES string of the molecule is O=C(C1CC1)N1CCN(C(=O)C2CCCN2C(=O)c2cccs2)CC1. The van der Waals surface area contributed by atoms with E-state index in [-0.39, 0.29) is 29.7 Å². The van der Waals surface area contributed by atoms with Crippen LogP contribution >= 0.6 is 11.3 Å². The number of thiophene rings is 1. The van der Waals surface area contributed by atoms with Gasteiger partial charge < -0.3 is 14.7 Å². The monoisotopic (exact) mass is 361 g/mol. The van der Waals surface area contributed by atoms with Crippen molar-refractivity contribution in [2.24, 2.45) is 5.92 Å². The van der Waals surface area contributed by atoms with Gasteiger partial charge in [-0.15, -0.1) is 11.3 Å². The number of rotatable bonds is 3. The third-order valence-corrected chi connectivity index (χ3v) is 6.22. The molecule has 1 aromatic rings. The third kappa shape index (κ3) is 3.29.